The van der Waals surface area contributed by atoms with E-state index in [1.54, 1.807) is 4.90 Å². The van der Waals surface area contributed by atoms with Gasteiger partial charge >= 0.3 is 0 Å². The van der Waals surface area contributed by atoms with Gasteiger partial charge < -0.3 is 35.0 Å². The molecule has 0 bridgehead atoms. The molecule has 8 nitrogen and oxygen atoms in total. The average Bonchev–Trinajstić information content (AvgIpc) is 2.66. The molecule has 6 atom stereocenters. The lowest BCUT2D eigenvalue weighted by Gasteiger charge is -2.35. The summed E-state index contributed by atoms with van der Waals surface area (Å²) in [4.78, 5) is 1.58. The van der Waals surface area contributed by atoms with Crippen molar-refractivity contribution in [2.75, 3.05) is 26.3 Å². The van der Waals surface area contributed by atoms with Crippen molar-refractivity contribution in [1.82, 2.24) is 4.90 Å². The first-order valence-corrected chi connectivity index (χ1v) is 5.90. The molecule has 2 saturated heterocycles. The number of rotatable bonds is 3. The lowest BCUT2D eigenvalue weighted by atomic mass is 10.0. The highest BCUT2D eigenvalue weighted by Gasteiger charge is 2.48. The number of hydrogen-bond donors (Lipinski definition) is 5. The van der Waals surface area contributed by atoms with Crippen molar-refractivity contribution in [2.45, 2.75) is 36.9 Å². The number of aliphatic hydroxyl groups is 5. The van der Waals surface area contributed by atoms with Crippen molar-refractivity contribution in [1.29, 1.82) is 0 Å². The summed E-state index contributed by atoms with van der Waals surface area (Å²) in [5.74, 6) is 0. The van der Waals surface area contributed by atoms with Gasteiger partial charge in [0.25, 0.3) is 0 Å². The highest BCUT2D eigenvalue weighted by molar-refractivity contribution is 4.92. The van der Waals surface area contributed by atoms with Crippen LogP contribution >= 0.6 is 0 Å². The van der Waals surface area contributed by atoms with Crippen molar-refractivity contribution < 1.29 is 35.0 Å². The van der Waals surface area contributed by atoms with Crippen LogP contribution in [0.2, 0.25) is 0 Å². The molecule has 2 aliphatic rings. The summed E-state index contributed by atoms with van der Waals surface area (Å²) in [6.45, 7) is 1.80. The van der Waals surface area contributed by atoms with E-state index >= 15 is 0 Å². The maximum Gasteiger partial charge on any atom is 0.184 e. The molecule has 2 heterocycles. The summed E-state index contributed by atoms with van der Waals surface area (Å²) in [5.41, 5.74) is 0. The molecule has 5 N–H and O–H groups in total. The summed E-state index contributed by atoms with van der Waals surface area (Å²) in [6, 6.07) is 0. The molecule has 0 spiro atoms. The van der Waals surface area contributed by atoms with E-state index in [1.165, 1.54) is 0 Å². The minimum Gasteiger partial charge on any atom is -0.387 e. The molecule has 0 aromatic rings. The molecular weight excluding hydrogens is 246 g/mol. The standard InChI is InChI=1S/C10H19NO7/c12-5-6(13)10(16)18-8(5)7(14)9(15)11-1-3-17-4-2-11/h5-10,12-16H,1-4H2/t5-,6+,7+,8+,9?,10+/m1/s1. The van der Waals surface area contributed by atoms with Gasteiger partial charge in [-0.25, -0.2) is 0 Å². The van der Waals surface area contributed by atoms with Crippen LogP contribution in [0.3, 0.4) is 0 Å². The first-order chi connectivity index (χ1) is 8.52. The third-order valence-corrected chi connectivity index (χ3v) is 3.34. The van der Waals surface area contributed by atoms with Crippen LogP contribution in [0.5, 0.6) is 0 Å². The van der Waals surface area contributed by atoms with Gasteiger partial charge in [-0.1, -0.05) is 0 Å². The molecule has 8 heteroatoms. The first kappa shape index (κ1) is 14.1. The molecule has 0 amide bonds. The molecule has 2 fully saturated rings. The minimum absolute atomic E-state index is 0.448. The highest BCUT2D eigenvalue weighted by Crippen LogP contribution is 2.24. The molecule has 18 heavy (non-hydrogen) atoms. The van der Waals surface area contributed by atoms with Crippen LogP contribution < -0.4 is 0 Å². The zero-order valence-corrected chi connectivity index (χ0v) is 9.79. The fourth-order valence-corrected chi connectivity index (χ4v) is 2.20. The Balaban J connectivity index is 1.95. The lowest BCUT2D eigenvalue weighted by molar-refractivity contribution is -0.188. The highest BCUT2D eigenvalue weighted by atomic mass is 16.6. The van der Waals surface area contributed by atoms with Gasteiger partial charge in [0.05, 0.1) is 13.2 Å². The van der Waals surface area contributed by atoms with E-state index in [4.69, 9.17) is 9.47 Å². The molecule has 0 saturated carbocycles. The normalized spacial score (nSPS) is 41.8. The Bertz CT molecular complexity index is 273. The molecule has 2 rings (SSSR count). The predicted molar refractivity (Wildman–Crippen MR) is 57.3 cm³/mol. The van der Waals surface area contributed by atoms with Gasteiger partial charge in [-0.2, -0.15) is 0 Å². The molecule has 106 valence electrons. The van der Waals surface area contributed by atoms with E-state index in [0.29, 0.717) is 26.3 Å². The van der Waals surface area contributed by atoms with E-state index in [9.17, 15) is 25.5 Å². The van der Waals surface area contributed by atoms with E-state index < -0.39 is 36.9 Å². The minimum atomic E-state index is -1.56. The number of hydrogen-bond acceptors (Lipinski definition) is 8. The number of nitrogens with zero attached hydrogens (tertiary/aromatic N) is 1. The Kier molecular flexibility index (Phi) is 4.51. The van der Waals surface area contributed by atoms with Gasteiger partial charge in [-0.15, -0.1) is 0 Å². The van der Waals surface area contributed by atoms with Crippen molar-refractivity contribution >= 4 is 0 Å². The molecule has 0 radical (unpaired) electrons. The maximum absolute atomic E-state index is 9.96. The van der Waals surface area contributed by atoms with Gasteiger partial charge in [0.2, 0.25) is 0 Å². The lowest BCUT2D eigenvalue weighted by Crippen LogP contribution is -2.54. The van der Waals surface area contributed by atoms with Crippen LogP contribution in [0.25, 0.3) is 0 Å². The SMILES string of the molecule is OC([C@@H](O)[C@H]1O[C@H](O)[C@@H](O)[C@H]1O)N1CCOCC1. The Hall–Kier alpha value is -0.320. The third kappa shape index (κ3) is 2.65. The van der Waals surface area contributed by atoms with Crippen molar-refractivity contribution in [3.8, 4) is 0 Å². The van der Waals surface area contributed by atoms with E-state index in [-0.39, 0.29) is 0 Å². The second-order valence-corrected chi connectivity index (χ2v) is 4.52. The van der Waals surface area contributed by atoms with Gasteiger partial charge in [-0.3, -0.25) is 4.90 Å². The van der Waals surface area contributed by atoms with Crippen LogP contribution in [0.1, 0.15) is 0 Å². The van der Waals surface area contributed by atoms with Crippen molar-refractivity contribution in [3.05, 3.63) is 0 Å². The molecule has 0 aromatic carbocycles. The van der Waals surface area contributed by atoms with Crippen LogP contribution in [-0.4, -0.2) is 93.7 Å². The Morgan fingerprint density at radius 1 is 1.00 bits per heavy atom. The predicted octanol–water partition coefficient (Wildman–Crippen LogP) is -3.56. The number of aliphatic hydroxyl groups excluding tert-OH is 5. The third-order valence-electron chi connectivity index (χ3n) is 3.34. The fourth-order valence-electron chi connectivity index (χ4n) is 2.20. The topological polar surface area (TPSA) is 123 Å². The zero-order valence-electron chi connectivity index (χ0n) is 9.79. The van der Waals surface area contributed by atoms with Crippen LogP contribution in [0, 0.1) is 0 Å². The second kappa shape index (κ2) is 5.76. The molecule has 0 aliphatic carbocycles. The molecule has 1 unspecified atom stereocenters. The number of ether oxygens (including phenoxy) is 2. The van der Waals surface area contributed by atoms with Gasteiger partial charge in [-0.05, 0) is 0 Å². The molecule has 0 aromatic heterocycles. The smallest absolute Gasteiger partial charge is 0.184 e. The summed E-state index contributed by atoms with van der Waals surface area (Å²) in [7, 11) is 0. The quantitative estimate of drug-likeness (QED) is 0.355. The van der Waals surface area contributed by atoms with Gasteiger partial charge in [0.1, 0.15) is 30.6 Å². The zero-order chi connectivity index (χ0) is 13.3. The van der Waals surface area contributed by atoms with Crippen molar-refractivity contribution in [2.24, 2.45) is 0 Å². The van der Waals surface area contributed by atoms with E-state index in [1.807, 2.05) is 0 Å². The summed E-state index contributed by atoms with van der Waals surface area (Å²) >= 11 is 0. The van der Waals surface area contributed by atoms with Crippen molar-refractivity contribution in [3.63, 3.8) is 0 Å². The Labute approximate surface area is 104 Å². The Morgan fingerprint density at radius 3 is 2.11 bits per heavy atom. The van der Waals surface area contributed by atoms with Crippen LogP contribution in [0.4, 0.5) is 0 Å². The van der Waals surface area contributed by atoms with Gasteiger partial charge in [0, 0.05) is 13.1 Å². The fraction of sp³-hybridized carbons (Fsp3) is 1.00. The summed E-state index contributed by atoms with van der Waals surface area (Å²) in [5, 5.41) is 48.0. The maximum atomic E-state index is 9.96. The van der Waals surface area contributed by atoms with Gasteiger partial charge in [0.15, 0.2) is 6.29 Å². The second-order valence-electron chi connectivity index (χ2n) is 4.52. The monoisotopic (exact) mass is 265 g/mol. The first-order valence-electron chi connectivity index (χ1n) is 5.90. The van der Waals surface area contributed by atoms with E-state index in [0.717, 1.165) is 0 Å². The molecule has 2 aliphatic heterocycles. The summed E-state index contributed by atoms with van der Waals surface area (Å²) < 4.78 is 9.96. The average molecular weight is 265 g/mol. The summed E-state index contributed by atoms with van der Waals surface area (Å²) in [6.07, 6.45) is -8.38. The van der Waals surface area contributed by atoms with Crippen LogP contribution in [0.15, 0.2) is 0 Å². The van der Waals surface area contributed by atoms with Crippen LogP contribution in [-0.2, 0) is 9.47 Å². The molecular formula is C10H19NO7. The van der Waals surface area contributed by atoms with E-state index in [2.05, 4.69) is 0 Å². The number of morpholine rings is 1. The Morgan fingerprint density at radius 2 is 1.61 bits per heavy atom. The largest absolute Gasteiger partial charge is 0.387 e.